The summed E-state index contributed by atoms with van der Waals surface area (Å²) >= 11 is 5.90. The SMILES string of the molecule is Cc1cccc(C(C)(C)CC(=O)Cn2cc(-c3ccc(Cl)cc3)n(CC(O)C(F)(F)F)c2=O)c1. The Hall–Kier alpha value is -2.84. The molecule has 182 valence electrons. The van der Waals surface area contributed by atoms with E-state index in [9.17, 15) is 27.9 Å². The molecule has 1 aromatic heterocycles. The lowest BCUT2D eigenvalue weighted by Crippen LogP contribution is -2.37. The van der Waals surface area contributed by atoms with Crippen molar-refractivity contribution in [2.75, 3.05) is 0 Å². The number of aryl methyl sites for hydroxylation is 1. The minimum atomic E-state index is -4.90. The first kappa shape index (κ1) is 25.8. The number of imidazole rings is 1. The summed E-state index contributed by atoms with van der Waals surface area (Å²) in [5.74, 6) is -0.246. The van der Waals surface area contributed by atoms with Crippen LogP contribution in [0.25, 0.3) is 11.3 Å². The smallest absolute Gasteiger partial charge is 0.382 e. The molecule has 0 saturated heterocycles. The van der Waals surface area contributed by atoms with E-state index in [-0.39, 0.29) is 24.4 Å². The fourth-order valence-electron chi connectivity index (χ4n) is 3.85. The zero-order valence-corrected chi connectivity index (χ0v) is 19.8. The van der Waals surface area contributed by atoms with Crippen LogP contribution < -0.4 is 5.69 Å². The molecule has 0 saturated carbocycles. The first-order valence-corrected chi connectivity index (χ1v) is 11.1. The van der Waals surface area contributed by atoms with Gasteiger partial charge in [0, 0.05) is 17.6 Å². The van der Waals surface area contributed by atoms with Crippen LogP contribution in [-0.4, -0.2) is 32.3 Å². The van der Waals surface area contributed by atoms with E-state index in [0.717, 1.165) is 20.3 Å². The van der Waals surface area contributed by atoms with Gasteiger partial charge in [0.15, 0.2) is 11.9 Å². The number of aromatic nitrogens is 2. The molecule has 0 aliphatic heterocycles. The van der Waals surface area contributed by atoms with Crippen molar-refractivity contribution in [2.24, 2.45) is 0 Å². The standard InChI is InChI=1S/C25H26ClF3N2O3/c1-16-5-4-6-18(11-16)24(2,3)12-20(32)13-30-14-21(17-7-9-19(26)10-8-17)31(23(30)34)15-22(33)25(27,28)29/h4-11,14,22,33H,12-13,15H2,1-3H3. The summed E-state index contributed by atoms with van der Waals surface area (Å²) in [7, 11) is 0. The second-order valence-electron chi connectivity index (χ2n) is 9.07. The summed E-state index contributed by atoms with van der Waals surface area (Å²) in [4.78, 5) is 25.9. The lowest BCUT2D eigenvalue weighted by molar-refractivity contribution is -0.207. The van der Waals surface area contributed by atoms with Crippen molar-refractivity contribution in [1.29, 1.82) is 0 Å². The van der Waals surface area contributed by atoms with Crippen LogP contribution in [0.4, 0.5) is 13.2 Å². The van der Waals surface area contributed by atoms with Gasteiger partial charge in [-0.25, -0.2) is 4.79 Å². The van der Waals surface area contributed by atoms with E-state index in [4.69, 9.17) is 11.6 Å². The van der Waals surface area contributed by atoms with E-state index in [1.165, 1.54) is 6.20 Å². The molecule has 0 radical (unpaired) electrons. The summed E-state index contributed by atoms with van der Waals surface area (Å²) in [6.45, 7) is 4.51. The molecule has 0 aliphatic carbocycles. The maximum Gasteiger partial charge on any atom is 0.416 e. The average Bonchev–Trinajstić information content (AvgIpc) is 3.03. The number of aliphatic hydroxyl groups excluding tert-OH is 1. The van der Waals surface area contributed by atoms with Gasteiger partial charge >= 0.3 is 11.9 Å². The number of benzene rings is 2. The van der Waals surface area contributed by atoms with Crippen LogP contribution in [0.3, 0.4) is 0 Å². The fraction of sp³-hybridized carbons (Fsp3) is 0.360. The number of hydrogen-bond acceptors (Lipinski definition) is 3. The number of carbonyl (C=O) groups is 1. The Balaban J connectivity index is 1.92. The summed E-state index contributed by atoms with van der Waals surface area (Å²) in [5.41, 5.74) is 1.30. The highest BCUT2D eigenvalue weighted by molar-refractivity contribution is 6.30. The molecule has 34 heavy (non-hydrogen) atoms. The molecule has 1 unspecified atom stereocenters. The average molecular weight is 495 g/mol. The molecule has 3 aromatic rings. The maximum absolute atomic E-state index is 13.0. The molecule has 1 N–H and O–H groups in total. The number of rotatable bonds is 8. The lowest BCUT2D eigenvalue weighted by Gasteiger charge is -2.25. The molecule has 9 heteroatoms. The van der Waals surface area contributed by atoms with Gasteiger partial charge in [0.2, 0.25) is 0 Å². The third kappa shape index (κ3) is 5.98. The summed E-state index contributed by atoms with van der Waals surface area (Å²) in [6.07, 6.45) is -6.16. The molecular weight excluding hydrogens is 469 g/mol. The van der Waals surface area contributed by atoms with Gasteiger partial charge in [-0.3, -0.25) is 13.9 Å². The number of aliphatic hydroxyl groups is 1. The van der Waals surface area contributed by atoms with Crippen molar-refractivity contribution >= 4 is 17.4 Å². The molecule has 1 heterocycles. The maximum atomic E-state index is 13.0. The number of halogens is 4. The van der Waals surface area contributed by atoms with Crippen LogP contribution in [0.2, 0.25) is 5.02 Å². The van der Waals surface area contributed by atoms with E-state index >= 15 is 0 Å². The summed E-state index contributed by atoms with van der Waals surface area (Å²) in [5, 5.41) is 10.0. The van der Waals surface area contributed by atoms with Crippen molar-refractivity contribution in [2.45, 2.75) is 58.0 Å². The third-order valence-corrected chi connectivity index (χ3v) is 5.96. The van der Waals surface area contributed by atoms with Gasteiger partial charge in [-0.1, -0.05) is 67.4 Å². The molecule has 2 aromatic carbocycles. The van der Waals surface area contributed by atoms with E-state index in [2.05, 4.69) is 0 Å². The minimum absolute atomic E-state index is 0.134. The predicted molar refractivity (Wildman–Crippen MR) is 125 cm³/mol. The van der Waals surface area contributed by atoms with Gasteiger partial charge < -0.3 is 5.11 Å². The highest BCUT2D eigenvalue weighted by Gasteiger charge is 2.39. The molecule has 3 rings (SSSR count). The highest BCUT2D eigenvalue weighted by Crippen LogP contribution is 2.29. The summed E-state index contributed by atoms with van der Waals surface area (Å²) in [6, 6.07) is 14.0. The number of ketones is 1. The van der Waals surface area contributed by atoms with Gasteiger partial charge in [0.05, 0.1) is 18.8 Å². The molecule has 0 amide bonds. The number of Topliss-reactive ketones (excluding diaryl/α,β-unsaturated/α-hetero) is 1. The minimum Gasteiger partial charge on any atom is -0.382 e. The molecule has 0 spiro atoms. The van der Waals surface area contributed by atoms with Crippen molar-refractivity contribution in [3.8, 4) is 11.3 Å². The number of alkyl halides is 3. The molecular formula is C25H26ClF3N2O3. The number of nitrogens with zero attached hydrogens (tertiary/aromatic N) is 2. The zero-order valence-electron chi connectivity index (χ0n) is 19.1. The van der Waals surface area contributed by atoms with Crippen LogP contribution in [0.1, 0.15) is 31.4 Å². The fourth-order valence-corrected chi connectivity index (χ4v) is 3.98. The van der Waals surface area contributed by atoms with Crippen molar-refractivity contribution in [3.63, 3.8) is 0 Å². The van der Waals surface area contributed by atoms with Crippen molar-refractivity contribution in [1.82, 2.24) is 9.13 Å². The van der Waals surface area contributed by atoms with Gasteiger partial charge in [0.1, 0.15) is 0 Å². The van der Waals surface area contributed by atoms with E-state index < -0.39 is 29.9 Å². The monoisotopic (exact) mass is 494 g/mol. The van der Waals surface area contributed by atoms with Gasteiger partial charge in [-0.2, -0.15) is 13.2 Å². The molecule has 0 aliphatic rings. The van der Waals surface area contributed by atoms with Gasteiger partial charge in [-0.15, -0.1) is 0 Å². The second kappa shape index (κ2) is 9.80. The Morgan fingerprint density at radius 2 is 1.76 bits per heavy atom. The second-order valence-corrected chi connectivity index (χ2v) is 9.50. The molecule has 0 fully saturated rings. The van der Waals surface area contributed by atoms with Crippen molar-refractivity contribution in [3.05, 3.63) is 81.4 Å². The number of hydrogen-bond donors (Lipinski definition) is 1. The Bertz CT molecular complexity index is 1230. The molecule has 5 nitrogen and oxygen atoms in total. The van der Waals surface area contributed by atoms with E-state index in [1.807, 2.05) is 45.0 Å². The first-order chi connectivity index (χ1) is 15.8. The number of carbonyl (C=O) groups excluding carboxylic acids is 1. The normalized spacial score (nSPS) is 13.2. The van der Waals surface area contributed by atoms with Crippen LogP contribution >= 0.6 is 11.6 Å². The van der Waals surface area contributed by atoms with Crippen LogP contribution in [-0.2, 0) is 23.3 Å². The third-order valence-electron chi connectivity index (χ3n) is 5.70. The Kier molecular flexibility index (Phi) is 7.43. The first-order valence-electron chi connectivity index (χ1n) is 10.7. The van der Waals surface area contributed by atoms with Crippen LogP contribution in [0, 0.1) is 6.92 Å². The van der Waals surface area contributed by atoms with Crippen LogP contribution in [0.5, 0.6) is 0 Å². The zero-order chi connectivity index (χ0) is 25.3. The largest absolute Gasteiger partial charge is 0.416 e. The molecule has 1 atom stereocenters. The van der Waals surface area contributed by atoms with Crippen molar-refractivity contribution < 1.29 is 23.1 Å². The Morgan fingerprint density at radius 3 is 2.35 bits per heavy atom. The predicted octanol–water partition coefficient (Wildman–Crippen LogP) is 5.14. The van der Waals surface area contributed by atoms with Gasteiger partial charge in [0.25, 0.3) is 0 Å². The van der Waals surface area contributed by atoms with Gasteiger partial charge in [-0.05, 0) is 35.6 Å². The lowest BCUT2D eigenvalue weighted by atomic mass is 9.79. The van der Waals surface area contributed by atoms with E-state index in [0.29, 0.717) is 10.6 Å². The van der Waals surface area contributed by atoms with E-state index in [1.54, 1.807) is 24.3 Å². The summed E-state index contributed by atoms with van der Waals surface area (Å²) < 4.78 is 40.9. The Morgan fingerprint density at radius 1 is 1.12 bits per heavy atom. The molecule has 0 bridgehead atoms. The Labute approximate surface area is 200 Å². The quantitative estimate of drug-likeness (QED) is 0.471. The highest BCUT2D eigenvalue weighted by atomic mass is 35.5. The topological polar surface area (TPSA) is 64.2 Å². The van der Waals surface area contributed by atoms with Crippen LogP contribution in [0.15, 0.2) is 59.5 Å².